The quantitative estimate of drug-likeness (QED) is 0.745. The van der Waals surface area contributed by atoms with Crippen LogP contribution in [0.4, 0.5) is 5.69 Å². The first kappa shape index (κ1) is 18.0. The van der Waals surface area contributed by atoms with E-state index in [4.69, 9.17) is 11.6 Å². The number of amides is 2. The van der Waals surface area contributed by atoms with Gasteiger partial charge < -0.3 is 15.7 Å². The molecule has 0 aliphatic heterocycles. The predicted octanol–water partition coefficient (Wildman–Crippen LogP) is 2.75. The molecule has 0 aliphatic rings. The lowest BCUT2D eigenvalue weighted by molar-refractivity contribution is -0.136. The Morgan fingerprint density at radius 2 is 1.83 bits per heavy atom. The largest absolute Gasteiger partial charge is 0.387 e. The molecule has 0 saturated carbocycles. The van der Waals surface area contributed by atoms with Gasteiger partial charge in [-0.25, -0.2) is 0 Å². The van der Waals surface area contributed by atoms with E-state index >= 15 is 0 Å². The molecule has 0 spiro atoms. The number of benzene rings is 2. The lowest BCUT2D eigenvalue weighted by atomic mass is 10.1. The second-order valence-corrected chi connectivity index (χ2v) is 5.93. The standard InChI is InChI=1S/C18H19ClN2O3/c1-11-7-8-12(2)15(9-11)21-18(24)17(23)20-10-16(22)13-5-3-4-6-14(13)19/h3-9,16,22H,10H2,1-2H3,(H,20,23)(H,21,24)/t16-/m1/s1. The van der Waals surface area contributed by atoms with E-state index in [0.29, 0.717) is 16.3 Å². The van der Waals surface area contributed by atoms with Gasteiger partial charge in [0.1, 0.15) is 0 Å². The van der Waals surface area contributed by atoms with Gasteiger partial charge in [0.15, 0.2) is 0 Å². The molecule has 24 heavy (non-hydrogen) atoms. The Balaban J connectivity index is 1.93. The summed E-state index contributed by atoms with van der Waals surface area (Å²) >= 11 is 5.98. The number of aryl methyl sites for hydroxylation is 2. The van der Waals surface area contributed by atoms with E-state index in [1.807, 2.05) is 26.0 Å². The van der Waals surface area contributed by atoms with Crippen molar-refractivity contribution in [1.29, 1.82) is 0 Å². The van der Waals surface area contributed by atoms with Crippen LogP contribution < -0.4 is 10.6 Å². The Bertz CT molecular complexity index is 762. The molecule has 1 atom stereocenters. The van der Waals surface area contributed by atoms with Gasteiger partial charge in [0.05, 0.1) is 6.10 Å². The number of hydrogen-bond acceptors (Lipinski definition) is 3. The Kier molecular flexibility index (Phi) is 5.95. The average molecular weight is 347 g/mol. The maximum atomic E-state index is 12.0. The van der Waals surface area contributed by atoms with Crippen LogP contribution >= 0.6 is 11.6 Å². The first-order valence-electron chi connectivity index (χ1n) is 7.47. The summed E-state index contributed by atoms with van der Waals surface area (Å²) in [7, 11) is 0. The minimum atomic E-state index is -0.990. The molecule has 126 valence electrons. The number of nitrogens with one attached hydrogen (secondary N) is 2. The highest BCUT2D eigenvalue weighted by atomic mass is 35.5. The first-order valence-corrected chi connectivity index (χ1v) is 7.85. The van der Waals surface area contributed by atoms with E-state index in [0.717, 1.165) is 11.1 Å². The van der Waals surface area contributed by atoms with Crippen molar-refractivity contribution >= 4 is 29.1 Å². The fourth-order valence-corrected chi connectivity index (χ4v) is 2.44. The number of carbonyl (C=O) groups excluding carboxylic acids is 2. The summed E-state index contributed by atoms with van der Waals surface area (Å²) in [6.45, 7) is 3.63. The van der Waals surface area contributed by atoms with Crippen LogP contribution in [0.15, 0.2) is 42.5 Å². The second kappa shape index (κ2) is 7.95. The summed E-state index contributed by atoms with van der Waals surface area (Å²) in [5.41, 5.74) is 2.92. The normalized spacial score (nSPS) is 11.7. The fourth-order valence-electron chi connectivity index (χ4n) is 2.17. The zero-order valence-electron chi connectivity index (χ0n) is 13.5. The van der Waals surface area contributed by atoms with Gasteiger partial charge in [-0.1, -0.05) is 41.9 Å². The van der Waals surface area contributed by atoms with E-state index < -0.39 is 17.9 Å². The molecule has 5 nitrogen and oxygen atoms in total. The van der Waals surface area contributed by atoms with Gasteiger partial charge in [-0.15, -0.1) is 0 Å². The minimum absolute atomic E-state index is 0.108. The van der Waals surface area contributed by atoms with E-state index in [-0.39, 0.29) is 6.54 Å². The lowest BCUT2D eigenvalue weighted by Gasteiger charge is -2.14. The molecule has 2 aromatic carbocycles. The second-order valence-electron chi connectivity index (χ2n) is 5.52. The van der Waals surface area contributed by atoms with Gasteiger partial charge in [0.2, 0.25) is 0 Å². The van der Waals surface area contributed by atoms with Gasteiger partial charge in [-0.05, 0) is 37.1 Å². The zero-order chi connectivity index (χ0) is 17.7. The average Bonchev–Trinajstić information content (AvgIpc) is 2.56. The van der Waals surface area contributed by atoms with Gasteiger partial charge in [-0.2, -0.15) is 0 Å². The molecule has 0 fully saturated rings. The van der Waals surface area contributed by atoms with Crippen molar-refractivity contribution in [3.05, 3.63) is 64.2 Å². The summed E-state index contributed by atoms with van der Waals surface area (Å²) in [6, 6.07) is 12.4. The lowest BCUT2D eigenvalue weighted by Crippen LogP contribution is -2.37. The number of carbonyl (C=O) groups is 2. The molecule has 6 heteroatoms. The molecule has 0 aliphatic carbocycles. The molecule has 0 unspecified atom stereocenters. The van der Waals surface area contributed by atoms with Crippen molar-refractivity contribution < 1.29 is 14.7 Å². The van der Waals surface area contributed by atoms with Gasteiger partial charge >= 0.3 is 11.8 Å². The Morgan fingerprint density at radius 3 is 2.54 bits per heavy atom. The highest BCUT2D eigenvalue weighted by molar-refractivity contribution is 6.39. The summed E-state index contributed by atoms with van der Waals surface area (Å²) in [5, 5.41) is 15.4. The number of hydrogen-bond donors (Lipinski definition) is 3. The molecule has 0 heterocycles. The monoisotopic (exact) mass is 346 g/mol. The molecule has 2 rings (SSSR count). The van der Waals surface area contributed by atoms with Gasteiger partial charge in [0.25, 0.3) is 0 Å². The highest BCUT2D eigenvalue weighted by Gasteiger charge is 2.17. The Morgan fingerprint density at radius 1 is 1.12 bits per heavy atom. The molecule has 0 radical (unpaired) electrons. The van der Waals surface area contributed by atoms with Crippen LogP contribution in [0.2, 0.25) is 5.02 Å². The highest BCUT2D eigenvalue weighted by Crippen LogP contribution is 2.21. The van der Waals surface area contributed by atoms with E-state index in [9.17, 15) is 14.7 Å². The van der Waals surface area contributed by atoms with Crippen molar-refractivity contribution in [3.8, 4) is 0 Å². The predicted molar refractivity (Wildman–Crippen MR) is 94.0 cm³/mol. The van der Waals surface area contributed by atoms with Crippen LogP contribution in [-0.4, -0.2) is 23.5 Å². The smallest absolute Gasteiger partial charge is 0.313 e. The van der Waals surface area contributed by atoms with Crippen LogP contribution in [0.5, 0.6) is 0 Å². The maximum absolute atomic E-state index is 12.0. The third kappa shape index (κ3) is 4.57. The molecule has 3 N–H and O–H groups in total. The number of aliphatic hydroxyl groups excluding tert-OH is 1. The number of halogens is 1. The molecule has 0 bridgehead atoms. The molecular formula is C18H19ClN2O3. The van der Waals surface area contributed by atoms with Crippen LogP contribution in [0.3, 0.4) is 0 Å². The van der Waals surface area contributed by atoms with Crippen LogP contribution in [0.25, 0.3) is 0 Å². The van der Waals surface area contributed by atoms with Crippen molar-refractivity contribution in [2.45, 2.75) is 20.0 Å². The Labute approximate surface area is 145 Å². The molecule has 2 amide bonds. The topological polar surface area (TPSA) is 78.4 Å². The maximum Gasteiger partial charge on any atom is 0.313 e. The number of rotatable bonds is 4. The van der Waals surface area contributed by atoms with Crippen molar-refractivity contribution in [1.82, 2.24) is 5.32 Å². The van der Waals surface area contributed by atoms with E-state index in [1.54, 1.807) is 30.3 Å². The molecule has 2 aromatic rings. The SMILES string of the molecule is Cc1ccc(C)c(NC(=O)C(=O)NC[C@@H](O)c2ccccc2Cl)c1. The zero-order valence-corrected chi connectivity index (χ0v) is 14.2. The van der Waals surface area contributed by atoms with Gasteiger partial charge in [-0.3, -0.25) is 9.59 Å². The van der Waals surface area contributed by atoms with Crippen molar-refractivity contribution in [2.24, 2.45) is 0 Å². The molecule has 0 saturated heterocycles. The fraction of sp³-hybridized carbons (Fsp3) is 0.222. The van der Waals surface area contributed by atoms with E-state index in [2.05, 4.69) is 10.6 Å². The number of aliphatic hydroxyl groups is 1. The third-order valence-corrected chi connectivity index (χ3v) is 3.91. The molecule has 0 aromatic heterocycles. The first-order chi connectivity index (χ1) is 11.4. The minimum Gasteiger partial charge on any atom is -0.387 e. The van der Waals surface area contributed by atoms with Crippen LogP contribution in [0, 0.1) is 13.8 Å². The Hall–Kier alpha value is -2.37. The summed E-state index contributed by atoms with van der Waals surface area (Å²) in [6.07, 6.45) is -0.990. The summed E-state index contributed by atoms with van der Waals surface area (Å²) in [4.78, 5) is 23.9. The van der Waals surface area contributed by atoms with Crippen molar-refractivity contribution in [3.63, 3.8) is 0 Å². The number of anilines is 1. The third-order valence-electron chi connectivity index (χ3n) is 3.57. The van der Waals surface area contributed by atoms with Gasteiger partial charge in [0, 0.05) is 22.8 Å². The summed E-state index contributed by atoms with van der Waals surface area (Å²) in [5.74, 6) is -1.60. The van der Waals surface area contributed by atoms with Crippen LogP contribution in [0.1, 0.15) is 22.8 Å². The van der Waals surface area contributed by atoms with Crippen LogP contribution in [-0.2, 0) is 9.59 Å². The molecular weight excluding hydrogens is 328 g/mol. The van der Waals surface area contributed by atoms with Crippen molar-refractivity contribution in [2.75, 3.05) is 11.9 Å². The van der Waals surface area contributed by atoms with E-state index in [1.165, 1.54) is 0 Å². The summed E-state index contributed by atoms with van der Waals surface area (Å²) < 4.78 is 0.